The second-order valence-electron chi connectivity index (χ2n) is 6.15. The lowest BCUT2D eigenvalue weighted by molar-refractivity contribution is -0.124. The number of carbonyl (C=O) groups excluding carboxylic acids is 2. The SMILES string of the molecule is CC(C(=O)NC(=O)NC1CC1)N1CCC(C)(CN)C1. The van der Waals surface area contributed by atoms with Crippen LogP contribution in [0.3, 0.4) is 0 Å². The van der Waals surface area contributed by atoms with Crippen LogP contribution in [-0.4, -0.2) is 48.6 Å². The fourth-order valence-electron chi connectivity index (χ4n) is 2.39. The quantitative estimate of drug-likeness (QED) is 0.671. The molecule has 1 aliphatic heterocycles. The maximum absolute atomic E-state index is 12.0. The summed E-state index contributed by atoms with van der Waals surface area (Å²) in [7, 11) is 0. The molecule has 108 valence electrons. The standard InChI is InChI=1S/C13H24N4O2/c1-9(17-6-5-13(2,7-14)8-17)11(18)16-12(19)15-10-3-4-10/h9-10H,3-8,14H2,1-2H3,(H2,15,16,18,19). The Morgan fingerprint density at radius 1 is 1.47 bits per heavy atom. The van der Waals surface area contributed by atoms with E-state index in [1.165, 1.54) is 0 Å². The summed E-state index contributed by atoms with van der Waals surface area (Å²) in [6, 6.07) is -0.408. The highest BCUT2D eigenvalue weighted by Gasteiger charge is 2.37. The van der Waals surface area contributed by atoms with Crippen LogP contribution in [0.1, 0.15) is 33.1 Å². The van der Waals surface area contributed by atoms with Crippen molar-refractivity contribution in [3.63, 3.8) is 0 Å². The molecule has 1 aliphatic carbocycles. The molecule has 6 heteroatoms. The Bertz CT molecular complexity index is 370. The summed E-state index contributed by atoms with van der Waals surface area (Å²) in [6.45, 7) is 6.26. The molecule has 0 aromatic carbocycles. The number of likely N-dealkylation sites (tertiary alicyclic amines) is 1. The Morgan fingerprint density at radius 3 is 2.68 bits per heavy atom. The van der Waals surface area contributed by atoms with Crippen molar-refractivity contribution in [3.8, 4) is 0 Å². The zero-order chi connectivity index (χ0) is 14.0. The van der Waals surface area contributed by atoms with Gasteiger partial charge in [0.25, 0.3) is 0 Å². The van der Waals surface area contributed by atoms with Crippen LogP contribution in [-0.2, 0) is 4.79 Å². The van der Waals surface area contributed by atoms with Crippen LogP contribution >= 0.6 is 0 Å². The molecule has 1 heterocycles. The second-order valence-corrected chi connectivity index (χ2v) is 6.15. The molecule has 4 N–H and O–H groups in total. The van der Waals surface area contributed by atoms with Crippen molar-refractivity contribution in [3.05, 3.63) is 0 Å². The highest BCUT2D eigenvalue weighted by Crippen LogP contribution is 2.29. The van der Waals surface area contributed by atoms with Crippen LogP contribution in [0.15, 0.2) is 0 Å². The third-order valence-corrected chi connectivity index (χ3v) is 4.16. The number of amides is 3. The smallest absolute Gasteiger partial charge is 0.321 e. The fourth-order valence-corrected chi connectivity index (χ4v) is 2.39. The van der Waals surface area contributed by atoms with E-state index >= 15 is 0 Å². The van der Waals surface area contributed by atoms with Crippen molar-refractivity contribution in [1.29, 1.82) is 0 Å². The van der Waals surface area contributed by atoms with Gasteiger partial charge in [-0.3, -0.25) is 15.0 Å². The first-order chi connectivity index (χ1) is 8.93. The Labute approximate surface area is 114 Å². The van der Waals surface area contributed by atoms with E-state index in [4.69, 9.17) is 5.73 Å². The first-order valence-electron chi connectivity index (χ1n) is 6.99. The first-order valence-corrected chi connectivity index (χ1v) is 6.99. The first kappa shape index (κ1) is 14.3. The van der Waals surface area contributed by atoms with Crippen molar-refractivity contribution in [2.75, 3.05) is 19.6 Å². The van der Waals surface area contributed by atoms with Crippen LogP contribution in [0.2, 0.25) is 0 Å². The van der Waals surface area contributed by atoms with E-state index in [0.717, 1.165) is 32.4 Å². The van der Waals surface area contributed by atoms with E-state index in [1.807, 2.05) is 6.92 Å². The normalized spacial score (nSPS) is 29.0. The van der Waals surface area contributed by atoms with Gasteiger partial charge in [-0.05, 0) is 44.7 Å². The van der Waals surface area contributed by atoms with Gasteiger partial charge in [0.1, 0.15) is 0 Å². The topological polar surface area (TPSA) is 87.5 Å². The molecule has 0 radical (unpaired) electrons. The lowest BCUT2D eigenvalue weighted by Gasteiger charge is -2.26. The number of hydrogen-bond donors (Lipinski definition) is 3. The summed E-state index contributed by atoms with van der Waals surface area (Å²) in [5, 5.41) is 5.16. The minimum atomic E-state index is -0.375. The molecule has 2 fully saturated rings. The van der Waals surface area contributed by atoms with E-state index in [0.29, 0.717) is 6.54 Å². The molecule has 2 rings (SSSR count). The molecular weight excluding hydrogens is 244 g/mol. The van der Waals surface area contributed by atoms with Gasteiger partial charge < -0.3 is 11.1 Å². The summed E-state index contributed by atoms with van der Waals surface area (Å²) in [5.41, 5.74) is 5.85. The molecule has 0 aromatic heterocycles. The van der Waals surface area contributed by atoms with Gasteiger partial charge in [-0.2, -0.15) is 0 Å². The van der Waals surface area contributed by atoms with Gasteiger partial charge in [-0.25, -0.2) is 4.79 Å². The van der Waals surface area contributed by atoms with Gasteiger partial charge in [0.05, 0.1) is 6.04 Å². The molecule has 2 aliphatic rings. The maximum Gasteiger partial charge on any atom is 0.321 e. The third-order valence-electron chi connectivity index (χ3n) is 4.16. The molecule has 0 spiro atoms. The zero-order valence-electron chi connectivity index (χ0n) is 11.7. The van der Waals surface area contributed by atoms with Crippen LogP contribution in [0.5, 0.6) is 0 Å². The molecule has 1 saturated heterocycles. The molecule has 0 aromatic rings. The van der Waals surface area contributed by atoms with Crippen molar-refractivity contribution < 1.29 is 9.59 Å². The van der Waals surface area contributed by atoms with Gasteiger partial charge in [-0.1, -0.05) is 6.92 Å². The number of nitrogens with two attached hydrogens (primary N) is 1. The minimum absolute atomic E-state index is 0.0881. The van der Waals surface area contributed by atoms with Crippen LogP contribution in [0.25, 0.3) is 0 Å². The van der Waals surface area contributed by atoms with Crippen molar-refractivity contribution in [1.82, 2.24) is 15.5 Å². The number of nitrogens with zero attached hydrogens (tertiary/aromatic N) is 1. The number of nitrogens with one attached hydrogen (secondary N) is 2. The molecule has 19 heavy (non-hydrogen) atoms. The van der Waals surface area contributed by atoms with Gasteiger partial charge in [-0.15, -0.1) is 0 Å². The van der Waals surface area contributed by atoms with E-state index in [-0.39, 0.29) is 29.4 Å². The highest BCUT2D eigenvalue weighted by atomic mass is 16.2. The molecule has 2 unspecified atom stereocenters. The van der Waals surface area contributed by atoms with Crippen LogP contribution < -0.4 is 16.4 Å². The van der Waals surface area contributed by atoms with Crippen molar-refractivity contribution in [2.24, 2.45) is 11.1 Å². The molecule has 6 nitrogen and oxygen atoms in total. The van der Waals surface area contributed by atoms with Crippen LogP contribution in [0, 0.1) is 5.41 Å². The van der Waals surface area contributed by atoms with E-state index in [1.54, 1.807) is 0 Å². The lowest BCUT2D eigenvalue weighted by atomic mass is 9.90. The van der Waals surface area contributed by atoms with Crippen molar-refractivity contribution in [2.45, 2.75) is 45.2 Å². The monoisotopic (exact) mass is 268 g/mol. The number of carbonyl (C=O) groups is 2. The summed E-state index contributed by atoms with van der Waals surface area (Å²) in [6.07, 6.45) is 3.02. The maximum atomic E-state index is 12.0. The van der Waals surface area contributed by atoms with Crippen molar-refractivity contribution >= 4 is 11.9 Å². The second kappa shape index (κ2) is 5.46. The summed E-state index contributed by atoms with van der Waals surface area (Å²) in [5.74, 6) is -0.237. The average molecular weight is 268 g/mol. The predicted molar refractivity (Wildman–Crippen MR) is 72.5 cm³/mol. The Balaban J connectivity index is 1.80. The predicted octanol–water partition coefficient (Wildman–Crippen LogP) is 0.0338. The van der Waals surface area contributed by atoms with Gasteiger partial charge in [0.15, 0.2) is 0 Å². The van der Waals surface area contributed by atoms with Gasteiger partial charge in [0, 0.05) is 12.6 Å². The van der Waals surface area contributed by atoms with Gasteiger partial charge >= 0.3 is 6.03 Å². The number of urea groups is 1. The van der Waals surface area contributed by atoms with Crippen LogP contribution in [0.4, 0.5) is 4.79 Å². The molecule has 1 saturated carbocycles. The largest absolute Gasteiger partial charge is 0.335 e. The highest BCUT2D eigenvalue weighted by molar-refractivity contribution is 5.97. The Hall–Kier alpha value is -1.14. The molecule has 3 amide bonds. The molecule has 0 bridgehead atoms. The van der Waals surface area contributed by atoms with E-state index in [2.05, 4.69) is 22.5 Å². The van der Waals surface area contributed by atoms with Gasteiger partial charge in [0.2, 0.25) is 5.91 Å². The summed E-state index contributed by atoms with van der Waals surface area (Å²) < 4.78 is 0. The summed E-state index contributed by atoms with van der Waals surface area (Å²) >= 11 is 0. The Morgan fingerprint density at radius 2 is 2.16 bits per heavy atom. The number of hydrogen-bond acceptors (Lipinski definition) is 4. The minimum Gasteiger partial charge on any atom is -0.335 e. The summed E-state index contributed by atoms with van der Waals surface area (Å²) in [4.78, 5) is 25.6. The zero-order valence-corrected chi connectivity index (χ0v) is 11.7. The third kappa shape index (κ3) is 3.67. The Kier molecular flexibility index (Phi) is 4.10. The van der Waals surface area contributed by atoms with E-state index < -0.39 is 0 Å². The fraction of sp³-hybridized carbons (Fsp3) is 0.846. The number of rotatable bonds is 4. The average Bonchev–Trinajstić information content (AvgIpc) is 3.08. The molecular formula is C13H24N4O2. The number of imide groups is 1. The van der Waals surface area contributed by atoms with E-state index in [9.17, 15) is 9.59 Å². The molecule has 2 atom stereocenters. The lowest BCUT2D eigenvalue weighted by Crippen LogP contribution is -2.50.